The highest BCUT2D eigenvalue weighted by Crippen LogP contribution is 2.26. The first kappa shape index (κ1) is 21.3. The Morgan fingerprint density at radius 2 is 1.71 bits per heavy atom. The van der Waals surface area contributed by atoms with E-state index < -0.39 is 18.0 Å². The van der Waals surface area contributed by atoms with E-state index in [9.17, 15) is 9.59 Å². The number of ether oxygens (including phenoxy) is 3. The average Bonchev–Trinajstić information content (AvgIpc) is 2.68. The third kappa shape index (κ3) is 6.30. The van der Waals surface area contributed by atoms with Gasteiger partial charge in [-0.15, -0.1) is 0 Å². The van der Waals surface area contributed by atoms with Crippen LogP contribution in [-0.2, 0) is 14.3 Å². The van der Waals surface area contributed by atoms with Gasteiger partial charge in [0, 0.05) is 5.69 Å². The Kier molecular flexibility index (Phi) is 7.87. The number of hydrogen-bond donors (Lipinski definition) is 1. The highest BCUT2D eigenvalue weighted by Gasteiger charge is 2.19. The van der Waals surface area contributed by atoms with Crippen molar-refractivity contribution in [2.24, 2.45) is 0 Å². The van der Waals surface area contributed by atoms with Crippen molar-refractivity contribution < 1.29 is 23.8 Å². The standard InChI is InChI=1S/C22H27NO5/c1-5-12-26-19-8-6-7-9-20(19)27-14-21(24)28-17(4)22(25)23-18-13-15(2)10-11-16(18)3/h6-11,13,17H,5,12,14H2,1-4H3,(H,23,25)/t17-/m1/s1. The zero-order valence-electron chi connectivity index (χ0n) is 16.8. The molecule has 28 heavy (non-hydrogen) atoms. The van der Waals surface area contributed by atoms with Gasteiger partial charge in [0.25, 0.3) is 5.91 Å². The molecule has 0 aliphatic rings. The number of esters is 1. The molecule has 6 nitrogen and oxygen atoms in total. The van der Waals surface area contributed by atoms with Crippen molar-refractivity contribution in [1.29, 1.82) is 0 Å². The molecule has 2 aromatic carbocycles. The van der Waals surface area contributed by atoms with E-state index in [2.05, 4.69) is 5.32 Å². The lowest BCUT2D eigenvalue weighted by atomic mass is 10.1. The number of aryl methyl sites for hydroxylation is 2. The summed E-state index contributed by atoms with van der Waals surface area (Å²) in [7, 11) is 0. The topological polar surface area (TPSA) is 73.9 Å². The van der Waals surface area contributed by atoms with E-state index in [1.165, 1.54) is 6.92 Å². The van der Waals surface area contributed by atoms with Gasteiger partial charge in [-0.2, -0.15) is 0 Å². The lowest BCUT2D eigenvalue weighted by molar-refractivity contribution is -0.155. The number of benzene rings is 2. The minimum atomic E-state index is -0.942. The maximum absolute atomic E-state index is 12.3. The number of carbonyl (C=O) groups excluding carboxylic acids is 2. The second-order valence-electron chi connectivity index (χ2n) is 6.52. The highest BCUT2D eigenvalue weighted by atomic mass is 16.6. The molecule has 1 N–H and O–H groups in total. The second kappa shape index (κ2) is 10.3. The predicted octanol–water partition coefficient (Wildman–Crippen LogP) is 4.04. The molecule has 2 rings (SSSR count). The van der Waals surface area contributed by atoms with E-state index in [0.717, 1.165) is 17.5 Å². The number of nitrogens with one attached hydrogen (secondary N) is 1. The van der Waals surface area contributed by atoms with Gasteiger partial charge in [-0.1, -0.05) is 31.2 Å². The first-order valence-electron chi connectivity index (χ1n) is 9.33. The molecule has 0 radical (unpaired) electrons. The van der Waals surface area contributed by atoms with Gasteiger partial charge < -0.3 is 19.5 Å². The molecule has 1 amide bonds. The number of anilines is 1. The van der Waals surface area contributed by atoms with Crippen LogP contribution in [0.4, 0.5) is 5.69 Å². The molecule has 1 atom stereocenters. The lowest BCUT2D eigenvalue weighted by Crippen LogP contribution is -2.32. The van der Waals surface area contributed by atoms with Gasteiger partial charge in [-0.25, -0.2) is 4.79 Å². The fourth-order valence-electron chi connectivity index (χ4n) is 2.43. The summed E-state index contributed by atoms with van der Waals surface area (Å²) in [5.74, 6) is 0.000826. The van der Waals surface area contributed by atoms with Crippen molar-refractivity contribution in [2.45, 2.75) is 40.2 Å². The number of para-hydroxylation sites is 2. The molecular formula is C22H27NO5. The molecular weight excluding hydrogens is 358 g/mol. The Morgan fingerprint density at radius 1 is 1.04 bits per heavy atom. The molecule has 6 heteroatoms. The van der Waals surface area contributed by atoms with Gasteiger partial charge in [-0.05, 0) is 56.5 Å². The second-order valence-corrected chi connectivity index (χ2v) is 6.52. The molecule has 0 bridgehead atoms. The number of hydrogen-bond acceptors (Lipinski definition) is 5. The summed E-state index contributed by atoms with van der Waals surface area (Å²) in [5, 5.41) is 2.79. The van der Waals surface area contributed by atoms with Gasteiger partial charge in [0.15, 0.2) is 24.2 Å². The molecule has 0 saturated heterocycles. The summed E-state index contributed by atoms with van der Waals surface area (Å²) >= 11 is 0. The Bertz CT molecular complexity index is 818. The van der Waals surface area contributed by atoms with Gasteiger partial charge in [0.05, 0.1) is 6.61 Å². The van der Waals surface area contributed by atoms with Crippen LogP contribution in [-0.4, -0.2) is 31.2 Å². The Hall–Kier alpha value is -3.02. The van der Waals surface area contributed by atoms with Gasteiger partial charge in [0.2, 0.25) is 0 Å². The third-order valence-electron chi connectivity index (χ3n) is 3.98. The van der Waals surface area contributed by atoms with E-state index in [1.807, 2.05) is 45.0 Å². The number of carbonyl (C=O) groups is 2. The molecule has 150 valence electrons. The van der Waals surface area contributed by atoms with Gasteiger partial charge >= 0.3 is 5.97 Å². The Balaban J connectivity index is 1.87. The minimum Gasteiger partial charge on any atom is -0.490 e. The first-order chi connectivity index (χ1) is 13.4. The maximum Gasteiger partial charge on any atom is 0.344 e. The zero-order chi connectivity index (χ0) is 20.5. The average molecular weight is 385 g/mol. The Morgan fingerprint density at radius 3 is 2.39 bits per heavy atom. The van der Waals surface area contributed by atoms with Gasteiger partial charge in [0.1, 0.15) is 0 Å². The molecule has 0 heterocycles. The minimum absolute atomic E-state index is 0.312. The van der Waals surface area contributed by atoms with Crippen molar-refractivity contribution in [3.05, 3.63) is 53.6 Å². The quantitative estimate of drug-likeness (QED) is 0.660. The van der Waals surface area contributed by atoms with E-state index in [4.69, 9.17) is 14.2 Å². The molecule has 0 aliphatic heterocycles. The van der Waals surface area contributed by atoms with E-state index in [1.54, 1.807) is 18.2 Å². The van der Waals surface area contributed by atoms with Crippen molar-refractivity contribution in [1.82, 2.24) is 0 Å². The summed E-state index contributed by atoms with van der Waals surface area (Å²) in [6.07, 6.45) is -0.0775. The van der Waals surface area contributed by atoms with Crippen LogP contribution in [0.3, 0.4) is 0 Å². The van der Waals surface area contributed by atoms with Crippen LogP contribution in [0.15, 0.2) is 42.5 Å². The predicted molar refractivity (Wildman–Crippen MR) is 108 cm³/mol. The normalized spacial score (nSPS) is 11.4. The molecule has 0 aliphatic carbocycles. The molecule has 2 aromatic rings. The number of rotatable bonds is 9. The zero-order valence-corrected chi connectivity index (χ0v) is 16.8. The maximum atomic E-state index is 12.3. The summed E-state index contributed by atoms with van der Waals surface area (Å²) in [6, 6.07) is 12.9. The van der Waals surface area contributed by atoms with Crippen LogP contribution >= 0.6 is 0 Å². The Labute approximate surface area is 165 Å². The van der Waals surface area contributed by atoms with Crippen LogP contribution in [0.25, 0.3) is 0 Å². The smallest absolute Gasteiger partial charge is 0.344 e. The van der Waals surface area contributed by atoms with Crippen molar-refractivity contribution in [3.63, 3.8) is 0 Å². The van der Waals surface area contributed by atoms with E-state index >= 15 is 0 Å². The van der Waals surface area contributed by atoms with Crippen LogP contribution < -0.4 is 14.8 Å². The van der Waals surface area contributed by atoms with Crippen LogP contribution in [0, 0.1) is 13.8 Å². The summed E-state index contributed by atoms with van der Waals surface area (Å²) in [5.41, 5.74) is 2.67. The third-order valence-corrected chi connectivity index (χ3v) is 3.98. The SMILES string of the molecule is CCCOc1ccccc1OCC(=O)O[C@H](C)C(=O)Nc1cc(C)ccc1C. The van der Waals surface area contributed by atoms with Crippen molar-refractivity contribution in [2.75, 3.05) is 18.5 Å². The van der Waals surface area contributed by atoms with Crippen LogP contribution in [0.5, 0.6) is 11.5 Å². The fourth-order valence-corrected chi connectivity index (χ4v) is 2.43. The highest BCUT2D eigenvalue weighted by molar-refractivity contribution is 5.95. The lowest BCUT2D eigenvalue weighted by Gasteiger charge is -2.16. The summed E-state index contributed by atoms with van der Waals surface area (Å²) in [4.78, 5) is 24.4. The van der Waals surface area contributed by atoms with E-state index in [0.29, 0.717) is 23.8 Å². The first-order valence-corrected chi connectivity index (χ1v) is 9.33. The monoisotopic (exact) mass is 385 g/mol. The molecule has 0 saturated carbocycles. The van der Waals surface area contributed by atoms with Crippen LogP contribution in [0.2, 0.25) is 0 Å². The molecule has 0 aromatic heterocycles. The molecule has 0 fully saturated rings. The molecule has 0 unspecified atom stereocenters. The van der Waals surface area contributed by atoms with Crippen molar-refractivity contribution in [3.8, 4) is 11.5 Å². The summed E-state index contributed by atoms with van der Waals surface area (Å²) in [6.45, 7) is 7.62. The fraction of sp³-hybridized carbons (Fsp3) is 0.364. The largest absolute Gasteiger partial charge is 0.490 e. The van der Waals surface area contributed by atoms with E-state index in [-0.39, 0.29) is 6.61 Å². The number of amides is 1. The summed E-state index contributed by atoms with van der Waals surface area (Å²) < 4.78 is 16.3. The molecule has 0 spiro atoms. The van der Waals surface area contributed by atoms with Crippen molar-refractivity contribution >= 4 is 17.6 Å². The van der Waals surface area contributed by atoms with Gasteiger partial charge in [-0.3, -0.25) is 4.79 Å². The van der Waals surface area contributed by atoms with Crippen LogP contribution in [0.1, 0.15) is 31.4 Å².